The van der Waals surface area contributed by atoms with E-state index in [9.17, 15) is 0 Å². The molecule has 13 heavy (non-hydrogen) atoms. The van der Waals surface area contributed by atoms with Crippen molar-refractivity contribution < 1.29 is 0 Å². The van der Waals surface area contributed by atoms with Gasteiger partial charge in [-0.2, -0.15) is 0 Å². The van der Waals surface area contributed by atoms with Gasteiger partial charge in [0.05, 0.1) is 0 Å². The molecule has 1 fully saturated rings. The zero-order valence-electron chi connectivity index (χ0n) is 9.18. The summed E-state index contributed by atoms with van der Waals surface area (Å²) in [5.74, 6) is 1.07. The third kappa shape index (κ3) is 5.27. The maximum atomic E-state index is 3.51. The lowest BCUT2D eigenvalue weighted by Gasteiger charge is -2.17. The molecule has 0 heterocycles. The van der Waals surface area contributed by atoms with Crippen molar-refractivity contribution in [3.8, 4) is 0 Å². The minimum Gasteiger partial charge on any atom is -0.315 e. The molecule has 1 N–H and O–H groups in total. The van der Waals surface area contributed by atoms with Crippen LogP contribution in [0.5, 0.6) is 0 Å². The second kappa shape index (κ2) is 6.39. The number of likely N-dealkylation sites (N-methyl/N-ethyl adjacent to an activating group) is 1. The van der Waals surface area contributed by atoms with E-state index >= 15 is 0 Å². The Hall–Kier alpha value is -0.0800. The molecule has 0 bridgehead atoms. The van der Waals surface area contributed by atoms with Gasteiger partial charge < -0.3 is 10.2 Å². The number of hydrogen-bond acceptors (Lipinski definition) is 2. The molecule has 1 aliphatic rings. The summed E-state index contributed by atoms with van der Waals surface area (Å²) in [5, 5.41) is 3.51. The molecular weight excluding hydrogens is 160 g/mol. The highest BCUT2D eigenvalue weighted by Crippen LogP contribution is 2.31. The quantitative estimate of drug-likeness (QED) is 0.578. The summed E-state index contributed by atoms with van der Waals surface area (Å²) >= 11 is 0. The van der Waals surface area contributed by atoms with Gasteiger partial charge in [-0.05, 0) is 32.0 Å². The highest BCUT2D eigenvalue weighted by Gasteiger charge is 2.19. The number of nitrogens with zero attached hydrogens (tertiary/aromatic N) is 1. The molecule has 0 aliphatic heterocycles. The van der Waals surface area contributed by atoms with Gasteiger partial charge in [-0.25, -0.2) is 0 Å². The maximum Gasteiger partial charge on any atom is 0.0107 e. The van der Waals surface area contributed by atoms with Crippen molar-refractivity contribution in [2.24, 2.45) is 5.92 Å². The van der Waals surface area contributed by atoms with Crippen LogP contribution in [0.25, 0.3) is 0 Å². The second-order valence-corrected chi connectivity index (χ2v) is 4.01. The molecule has 0 saturated heterocycles. The molecule has 0 atom stereocenters. The Morgan fingerprint density at radius 2 is 1.85 bits per heavy atom. The minimum absolute atomic E-state index is 1.07. The van der Waals surface area contributed by atoms with Gasteiger partial charge in [0.2, 0.25) is 0 Å². The van der Waals surface area contributed by atoms with E-state index in [0.717, 1.165) is 12.5 Å². The van der Waals surface area contributed by atoms with Crippen molar-refractivity contribution in [2.75, 3.05) is 32.7 Å². The van der Waals surface area contributed by atoms with Crippen molar-refractivity contribution in [1.82, 2.24) is 10.2 Å². The predicted octanol–water partition coefficient (Wildman–Crippen LogP) is 1.72. The molecule has 1 rings (SSSR count). The molecule has 2 nitrogen and oxygen atoms in total. The van der Waals surface area contributed by atoms with Crippen LogP contribution >= 0.6 is 0 Å². The summed E-state index contributed by atoms with van der Waals surface area (Å²) in [7, 11) is 0. The van der Waals surface area contributed by atoms with Gasteiger partial charge in [0.25, 0.3) is 0 Å². The lowest BCUT2D eigenvalue weighted by atomic mass is 10.3. The van der Waals surface area contributed by atoms with Gasteiger partial charge in [-0.15, -0.1) is 0 Å². The number of hydrogen-bond donors (Lipinski definition) is 1. The van der Waals surface area contributed by atoms with Crippen LogP contribution in [0.15, 0.2) is 0 Å². The average molecular weight is 184 g/mol. The largest absolute Gasteiger partial charge is 0.315 e. The van der Waals surface area contributed by atoms with Crippen LogP contribution in [0.4, 0.5) is 0 Å². The van der Waals surface area contributed by atoms with Crippen LogP contribution in [0.3, 0.4) is 0 Å². The Labute approximate surface area is 82.7 Å². The highest BCUT2D eigenvalue weighted by molar-refractivity contribution is 4.73. The Bertz CT molecular complexity index is 117. The minimum atomic E-state index is 1.07. The average Bonchev–Trinajstić information content (AvgIpc) is 2.95. The molecule has 2 heteroatoms. The molecule has 0 spiro atoms. The molecule has 78 valence electrons. The molecule has 0 aromatic carbocycles. The van der Waals surface area contributed by atoms with E-state index in [1.54, 1.807) is 0 Å². The van der Waals surface area contributed by atoms with Crippen molar-refractivity contribution in [3.63, 3.8) is 0 Å². The van der Waals surface area contributed by atoms with E-state index in [0.29, 0.717) is 0 Å². The van der Waals surface area contributed by atoms with Gasteiger partial charge in [-0.1, -0.05) is 26.7 Å². The smallest absolute Gasteiger partial charge is 0.0107 e. The Balaban J connectivity index is 1.81. The molecule has 1 aliphatic carbocycles. The van der Waals surface area contributed by atoms with E-state index in [-0.39, 0.29) is 0 Å². The van der Waals surface area contributed by atoms with Crippen molar-refractivity contribution >= 4 is 0 Å². The summed E-state index contributed by atoms with van der Waals surface area (Å²) in [6.45, 7) is 10.4. The van der Waals surface area contributed by atoms with Gasteiger partial charge >= 0.3 is 0 Å². The fourth-order valence-corrected chi connectivity index (χ4v) is 1.61. The molecule has 0 aromatic heterocycles. The first-order chi connectivity index (χ1) is 6.36. The summed E-state index contributed by atoms with van der Waals surface area (Å²) in [4.78, 5) is 2.46. The highest BCUT2D eigenvalue weighted by atomic mass is 15.1. The standard InChI is InChI=1S/C11H24N2/c1-3-13(4-2)10-9-12-8-7-11-5-6-11/h11-12H,3-10H2,1-2H3. The van der Waals surface area contributed by atoms with E-state index in [2.05, 4.69) is 24.1 Å². The second-order valence-electron chi connectivity index (χ2n) is 4.01. The first-order valence-electron chi connectivity index (χ1n) is 5.79. The van der Waals surface area contributed by atoms with Crippen molar-refractivity contribution in [2.45, 2.75) is 33.1 Å². The zero-order chi connectivity index (χ0) is 9.52. The molecule has 1 saturated carbocycles. The Kier molecular flexibility index (Phi) is 5.40. The maximum absolute atomic E-state index is 3.51. The molecule has 0 unspecified atom stereocenters. The van der Waals surface area contributed by atoms with Crippen molar-refractivity contribution in [1.29, 1.82) is 0 Å². The van der Waals surface area contributed by atoms with E-state index in [1.165, 1.54) is 45.4 Å². The lowest BCUT2D eigenvalue weighted by molar-refractivity contribution is 0.302. The van der Waals surface area contributed by atoms with Crippen LogP contribution in [0.1, 0.15) is 33.1 Å². The molecule has 0 amide bonds. The van der Waals surface area contributed by atoms with E-state index in [4.69, 9.17) is 0 Å². The third-order valence-corrected chi connectivity index (χ3v) is 2.93. The predicted molar refractivity (Wildman–Crippen MR) is 58.0 cm³/mol. The van der Waals surface area contributed by atoms with Crippen LogP contribution in [-0.2, 0) is 0 Å². The first kappa shape index (κ1) is 11.0. The first-order valence-corrected chi connectivity index (χ1v) is 5.79. The summed E-state index contributed by atoms with van der Waals surface area (Å²) < 4.78 is 0. The lowest BCUT2D eigenvalue weighted by Crippen LogP contribution is -2.32. The summed E-state index contributed by atoms with van der Waals surface area (Å²) in [5.41, 5.74) is 0. The number of rotatable bonds is 8. The van der Waals surface area contributed by atoms with Gasteiger partial charge in [0.1, 0.15) is 0 Å². The van der Waals surface area contributed by atoms with Crippen molar-refractivity contribution in [3.05, 3.63) is 0 Å². The van der Waals surface area contributed by atoms with Gasteiger partial charge in [-0.3, -0.25) is 0 Å². The van der Waals surface area contributed by atoms with Gasteiger partial charge in [0.15, 0.2) is 0 Å². The Morgan fingerprint density at radius 3 is 2.38 bits per heavy atom. The van der Waals surface area contributed by atoms with E-state index < -0.39 is 0 Å². The Morgan fingerprint density at radius 1 is 1.15 bits per heavy atom. The summed E-state index contributed by atoms with van der Waals surface area (Å²) in [6, 6.07) is 0. The van der Waals surface area contributed by atoms with Crippen LogP contribution in [-0.4, -0.2) is 37.6 Å². The molecular formula is C11H24N2. The number of nitrogens with one attached hydrogen (secondary N) is 1. The van der Waals surface area contributed by atoms with Gasteiger partial charge in [0, 0.05) is 13.1 Å². The molecule has 0 aromatic rings. The molecule has 0 radical (unpaired) electrons. The van der Waals surface area contributed by atoms with Crippen LogP contribution < -0.4 is 5.32 Å². The zero-order valence-corrected chi connectivity index (χ0v) is 9.18. The van der Waals surface area contributed by atoms with E-state index in [1.807, 2.05) is 0 Å². The SMILES string of the molecule is CCN(CC)CCNCCC1CC1. The summed E-state index contributed by atoms with van der Waals surface area (Å²) in [6.07, 6.45) is 4.37. The van der Waals surface area contributed by atoms with Crippen LogP contribution in [0, 0.1) is 5.92 Å². The third-order valence-electron chi connectivity index (χ3n) is 2.93. The van der Waals surface area contributed by atoms with Crippen LogP contribution in [0.2, 0.25) is 0 Å². The monoisotopic (exact) mass is 184 g/mol. The fraction of sp³-hybridized carbons (Fsp3) is 1.00. The topological polar surface area (TPSA) is 15.3 Å². The normalized spacial score (nSPS) is 16.8. The fourth-order valence-electron chi connectivity index (χ4n) is 1.61.